The molecule has 0 saturated carbocycles. The molecule has 0 N–H and O–H groups in total. The number of sulfone groups is 1. The van der Waals surface area contributed by atoms with Crippen LogP contribution in [0.4, 0.5) is 0 Å². The quantitative estimate of drug-likeness (QED) is 0.756. The van der Waals surface area contributed by atoms with Gasteiger partial charge in [0.25, 0.3) is 0 Å². The number of hydrogen-bond acceptors (Lipinski definition) is 5. The van der Waals surface area contributed by atoms with Gasteiger partial charge in [-0.2, -0.15) is 0 Å². The zero-order valence-corrected chi connectivity index (χ0v) is 11.6. The molecule has 6 heteroatoms. The van der Waals surface area contributed by atoms with Crippen LogP contribution in [0.15, 0.2) is 18.2 Å². The van der Waals surface area contributed by atoms with Crippen molar-refractivity contribution in [3.05, 3.63) is 23.8 Å². The molecule has 5 nitrogen and oxygen atoms in total. The Morgan fingerprint density at radius 1 is 1.17 bits per heavy atom. The number of carbonyl (C=O) groups excluding carboxylic acids is 1. The van der Waals surface area contributed by atoms with Gasteiger partial charge in [0.1, 0.15) is 5.25 Å². The van der Waals surface area contributed by atoms with Crippen LogP contribution in [0, 0.1) is 0 Å². The number of rotatable bonds is 5. The first kappa shape index (κ1) is 14.5. The van der Waals surface area contributed by atoms with Crippen molar-refractivity contribution >= 4 is 15.6 Å². The average Bonchev–Trinajstić information content (AvgIpc) is 2.34. The van der Waals surface area contributed by atoms with Crippen molar-refractivity contribution in [3.63, 3.8) is 0 Å². The number of ketones is 1. The third-order valence-electron chi connectivity index (χ3n) is 2.68. The molecule has 1 rings (SSSR count). The summed E-state index contributed by atoms with van der Waals surface area (Å²) >= 11 is 0. The molecule has 0 amide bonds. The molecule has 18 heavy (non-hydrogen) atoms. The van der Waals surface area contributed by atoms with Crippen molar-refractivity contribution in [2.75, 3.05) is 20.5 Å². The molecular formula is C12H16O5S. The molecule has 1 aromatic carbocycles. The van der Waals surface area contributed by atoms with Crippen LogP contribution in [0.25, 0.3) is 0 Å². The molecule has 0 aliphatic rings. The van der Waals surface area contributed by atoms with Gasteiger partial charge in [0.05, 0.1) is 14.2 Å². The normalized spacial score (nSPS) is 12.9. The topological polar surface area (TPSA) is 69.7 Å². The van der Waals surface area contributed by atoms with Gasteiger partial charge in [-0.15, -0.1) is 0 Å². The Labute approximate surface area is 107 Å². The lowest BCUT2D eigenvalue weighted by atomic mass is 10.1. The smallest absolute Gasteiger partial charge is 0.180 e. The summed E-state index contributed by atoms with van der Waals surface area (Å²) in [6.07, 6.45) is 1.04. The minimum atomic E-state index is -3.41. The second kappa shape index (κ2) is 5.39. The number of carbonyl (C=O) groups is 1. The van der Waals surface area contributed by atoms with Gasteiger partial charge in [-0.1, -0.05) is 0 Å². The molecule has 0 fully saturated rings. The molecule has 0 spiro atoms. The van der Waals surface area contributed by atoms with Crippen molar-refractivity contribution < 1.29 is 22.7 Å². The van der Waals surface area contributed by atoms with Crippen LogP contribution >= 0.6 is 0 Å². The molecule has 0 bridgehead atoms. The summed E-state index contributed by atoms with van der Waals surface area (Å²) < 4.78 is 32.8. The number of ether oxygens (including phenoxy) is 2. The van der Waals surface area contributed by atoms with Crippen LogP contribution in [0.1, 0.15) is 17.3 Å². The molecule has 100 valence electrons. The highest BCUT2D eigenvalue weighted by Gasteiger charge is 2.25. The van der Waals surface area contributed by atoms with E-state index in [9.17, 15) is 13.2 Å². The molecule has 0 heterocycles. The second-order valence-electron chi connectivity index (χ2n) is 3.91. The van der Waals surface area contributed by atoms with E-state index in [1.807, 2.05) is 0 Å². The summed E-state index contributed by atoms with van der Waals surface area (Å²) in [5, 5.41) is -1.07. The van der Waals surface area contributed by atoms with E-state index < -0.39 is 20.9 Å². The van der Waals surface area contributed by atoms with Crippen LogP contribution in [-0.2, 0) is 9.84 Å². The van der Waals surface area contributed by atoms with E-state index in [1.165, 1.54) is 33.3 Å². The predicted octanol–water partition coefficient (Wildman–Crippen LogP) is 1.32. The van der Waals surface area contributed by atoms with E-state index >= 15 is 0 Å². The fraction of sp³-hybridized carbons (Fsp3) is 0.417. The van der Waals surface area contributed by atoms with E-state index in [4.69, 9.17) is 9.47 Å². The average molecular weight is 272 g/mol. The van der Waals surface area contributed by atoms with Crippen LogP contribution in [0.2, 0.25) is 0 Å². The molecule has 0 aliphatic heterocycles. The monoisotopic (exact) mass is 272 g/mol. The highest BCUT2D eigenvalue weighted by molar-refractivity contribution is 7.92. The summed E-state index contributed by atoms with van der Waals surface area (Å²) in [7, 11) is -0.472. The maximum atomic E-state index is 12.0. The van der Waals surface area contributed by atoms with E-state index in [0.717, 1.165) is 6.26 Å². The lowest BCUT2D eigenvalue weighted by Crippen LogP contribution is -2.26. The fourth-order valence-corrected chi connectivity index (χ4v) is 1.94. The van der Waals surface area contributed by atoms with E-state index in [2.05, 4.69) is 0 Å². The standard InChI is InChI=1S/C12H16O5S/c1-8(18(4,14)15)12(13)9-5-6-10(16-2)11(7-9)17-3/h5-8H,1-4H3. The Morgan fingerprint density at radius 2 is 1.72 bits per heavy atom. The van der Waals surface area contributed by atoms with Crippen molar-refractivity contribution in [1.29, 1.82) is 0 Å². The lowest BCUT2D eigenvalue weighted by molar-refractivity contribution is 0.0991. The molecular weight excluding hydrogens is 256 g/mol. The molecule has 1 aromatic rings. The first-order chi connectivity index (χ1) is 8.31. The van der Waals surface area contributed by atoms with E-state index in [-0.39, 0.29) is 5.56 Å². The Bertz CT molecular complexity index is 548. The number of hydrogen-bond donors (Lipinski definition) is 0. The summed E-state index contributed by atoms with van der Waals surface area (Å²) in [6, 6.07) is 4.56. The Balaban J connectivity index is 3.15. The lowest BCUT2D eigenvalue weighted by Gasteiger charge is -2.11. The van der Waals surface area contributed by atoms with Crippen LogP contribution < -0.4 is 9.47 Å². The van der Waals surface area contributed by atoms with Gasteiger partial charge in [0.15, 0.2) is 27.1 Å². The highest BCUT2D eigenvalue weighted by atomic mass is 32.2. The maximum Gasteiger partial charge on any atom is 0.180 e. The summed E-state index contributed by atoms with van der Waals surface area (Å²) in [5.41, 5.74) is 0.283. The zero-order chi connectivity index (χ0) is 13.9. The summed E-state index contributed by atoms with van der Waals surface area (Å²) in [4.78, 5) is 12.0. The van der Waals surface area contributed by atoms with E-state index in [1.54, 1.807) is 6.07 Å². The third-order valence-corrected chi connectivity index (χ3v) is 4.18. The minimum Gasteiger partial charge on any atom is -0.493 e. The van der Waals surface area contributed by atoms with Crippen LogP contribution in [-0.4, -0.2) is 39.9 Å². The van der Waals surface area contributed by atoms with Crippen molar-refractivity contribution in [1.82, 2.24) is 0 Å². The van der Waals surface area contributed by atoms with Crippen LogP contribution in [0.5, 0.6) is 11.5 Å². The zero-order valence-electron chi connectivity index (χ0n) is 10.8. The molecule has 1 unspecified atom stereocenters. The predicted molar refractivity (Wildman–Crippen MR) is 68.2 cm³/mol. The van der Waals surface area contributed by atoms with Gasteiger partial charge < -0.3 is 9.47 Å². The molecule has 0 aromatic heterocycles. The highest BCUT2D eigenvalue weighted by Crippen LogP contribution is 2.28. The second-order valence-corrected chi connectivity index (χ2v) is 6.27. The molecule has 1 atom stereocenters. The number of Topliss-reactive ketones (excluding diaryl/α,β-unsaturated/α-hetero) is 1. The maximum absolute atomic E-state index is 12.0. The number of benzene rings is 1. The molecule has 0 saturated heterocycles. The molecule has 0 aliphatic carbocycles. The van der Waals surface area contributed by atoms with Crippen LogP contribution in [0.3, 0.4) is 0 Å². The van der Waals surface area contributed by atoms with Gasteiger partial charge in [0.2, 0.25) is 0 Å². The number of methoxy groups -OCH3 is 2. The van der Waals surface area contributed by atoms with Crippen molar-refractivity contribution in [2.24, 2.45) is 0 Å². The largest absolute Gasteiger partial charge is 0.493 e. The fourth-order valence-electron chi connectivity index (χ4n) is 1.42. The van der Waals surface area contributed by atoms with Gasteiger partial charge in [0, 0.05) is 11.8 Å². The Morgan fingerprint density at radius 3 is 2.17 bits per heavy atom. The van der Waals surface area contributed by atoms with Crippen molar-refractivity contribution in [3.8, 4) is 11.5 Å². The van der Waals surface area contributed by atoms with Crippen molar-refractivity contribution in [2.45, 2.75) is 12.2 Å². The summed E-state index contributed by atoms with van der Waals surface area (Å²) in [5.74, 6) is 0.420. The van der Waals surface area contributed by atoms with Gasteiger partial charge >= 0.3 is 0 Å². The van der Waals surface area contributed by atoms with E-state index in [0.29, 0.717) is 11.5 Å². The first-order valence-electron chi connectivity index (χ1n) is 5.26. The SMILES string of the molecule is COc1ccc(C(=O)C(C)S(C)(=O)=O)cc1OC. The summed E-state index contributed by atoms with van der Waals surface area (Å²) in [6.45, 7) is 1.37. The van der Waals surface area contributed by atoms with Gasteiger partial charge in [-0.3, -0.25) is 4.79 Å². The minimum absolute atomic E-state index is 0.283. The Hall–Kier alpha value is -1.56. The third kappa shape index (κ3) is 3.01. The van der Waals surface area contributed by atoms with Gasteiger partial charge in [-0.25, -0.2) is 8.42 Å². The van der Waals surface area contributed by atoms with Gasteiger partial charge in [-0.05, 0) is 25.1 Å². The first-order valence-corrected chi connectivity index (χ1v) is 7.21. The Kier molecular flexibility index (Phi) is 4.34. The molecule has 0 radical (unpaired) electrons.